The number of hydrogen-bond donors (Lipinski definition) is 0. The maximum Gasteiger partial charge on any atom is 0.257 e. The van der Waals surface area contributed by atoms with E-state index in [-0.39, 0.29) is 11.9 Å². The summed E-state index contributed by atoms with van der Waals surface area (Å²) in [6.07, 6.45) is 4.48. The van der Waals surface area contributed by atoms with Crippen molar-refractivity contribution >= 4 is 17.2 Å². The lowest BCUT2D eigenvalue weighted by atomic mass is 10.0. The zero-order chi connectivity index (χ0) is 17.4. The Morgan fingerprint density at radius 1 is 1.28 bits per heavy atom. The van der Waals surface area contributed by atoms with Gasteiger partial charge in [-0.15, -0.1) is 21.5 Å². The molecule has 2 aromatic rings. The summed E-state index contributed by atoms with van der Waals surface area (Å²) in [4.78, 5) is 17.5. The van der Waals surface area contributed by atoms with Crippen LogP contribution in [0.5, 0.6) is 0 Å². The molecule has 4 rings (SSSR count). The molecule has 2 saturated heterocycles. The lowest BCUT2D eigenvalue weighted by molar-refractivity contribution is -0.130. The van der Waals surface area contributed by atoms with E-state index in [0.29, 0.717) is 23.9 Å². The lowest BCUT2D eigenvalue weighted by Crippen LogP contribution is -2.48. The van der Waals surface area contributed by atoms with E-state index in [1.807, 2.05) is 17.5 Å². The van der Waals surface area contributed by atoms with Gasteiger partial charge in [0.2, 0.25) is 11.8 Å². The maximum absolute atomic E-state index is 12.0. The van der Waals surface area contributed by atoms with E-state index in [0.717, 1.165) is 43.6 Å². The van der Waals surface area contributed by atoms with Gasteiger partial charge in [-0.25, -0.2) is 0 Å². The molecule has 25 heavy (non-hydrogen) atoms. The van der Waals surface area contributed by atoms with Gasteiger partial charge < -0.3 is 9.32 Å². The van der Waals surface area contributed by atoms with Crippen molar-refractivity contribution in [3.63, 3.8) is 0 Å². The van der Waals surface area contributed by atoms with Crippen LogP contribution >= 0.6 is 11.3 Å². The highest BCUT2D eigenvalue weighted by Crippen LogP contribution is 2.36. The highest BCUT2D eigenvalue weighted by Gasteiger charge is 2.41. The normalized spacial score (nSPS) is 25.6. The number of carbonyl (C=O) groups is 1. The fourth-order valence-corrected chi connectivity index (χ4v) is 4.98. The van der Waals surface area contributed by atoms with Crippen molar-refractivity contribution < 1.29 is 9.21 Å². The summed E-state index contributed by atoms with van der Waals surface area (Å²) < 4.78 is 5.95. The molecule has 2 aliphatic rings. The molecule has 2 aromatic heterocycles. The van der Waals surface area contributed by atoms with Crippen LogP contribution in [0.25, 0.3) is 10.8 Å². The summed E-state index contributed by atoms with van der Waals surface area (Å²) >= 11 is 1.60. The largest absolute Gasteiger partial charge is 0.418 e. The third-order valence-electron chi connectivity index (χ3n) is 5.52. The van der Waals surface area contributed by atoms with E-state index in [2.05, 4.69) is 26.9 Å². The molecule has 0 unspecified atom stereocenters. The van der Waals surface area contributed by atoms with Crippen LogP contribution in [0.1, 0.15) is 51.5 Å². The molecule has 2 fully saturated rings. The number of likely N-dealkylation sites (tertiary alicyclic amines) is 2. The van der Waals surface area contributed by atoms with Crippen LogP contribution in [-0.2, 0) is 4.79 Å². The second-order valence-corrected chi connectivity index (χ2v) is 7.92. The molecule has 0 aliphatic carbocycles. The first kappa shape index (κ1) is 16.7. The first-order chi connectivity index (χ1) is 12.1. The molecule has 4 heterocycles. The SMILES string of the molecule is CC(=O)N1CCC[C@@H]1[C@H]1CCCN1[C@@H](C)c1nnc(-c2cccs2)o1. The number of aromatic nitrogens is 2. The molecule has 0 N–H and O–H groups in total. The van der Waals surface area contributed by atoms with Gasteiger partial charge in [0.15, 0.2) is 0 Å². The molecule has 0 saturated carbocycles. The average Bonchev–Trinajstić information content (AvgIpc) is 3.41. The minimum Gasteiger partial charge on any atom is -0.418 e. The molecule has 134 valence electrons. The second kappa shape index (κ2) is 6.88. The van der Waals surface area contributed by atoms with Gasteiger partial charge in [-0.3, -0.25) is 9.69 Å². The number of hydrogen-bond acceptors (Lipinski definition) is 6. The minimum atomic E-state index is 0.0723. The summed E-state index contributed by atoms with van der Waals surface area (Å²) in [5.41, 5.74) is 0. The molecule has 0 spiro atoms. The molecular formula is C18H24N4O2S. The molecule has 6 nitrogen and oxygen atoms in total. The Morgan fingerprint density at radius 2 is 2.08 bits per heavy atom. The molecule has 7 heteroatoms. The molecule has 0 aromatic carbocycles. The number of thiophene rings is 1. The van der Waals surface area contributed by atoms with Crippen molar-refractivity contribution in [2.75, 3.05) is 13.1 Å². The van der Waals surface area contributed by atoms with Crippen molar-refractivity contribution in [3.8, 4) is 10.8 Å². The van der Waals surface area contributed by atoms with Gasteiger partial charge in [0.1, 0.15) is 0 Å². The Hall–Kier alpha value is -1.73. The maximum atomic E-state index is 12.0. The monoisotopic (exact) mass is 360 g/mol. The second-order valence-electron chi connectivity index (χ2n) is 6.97. The van der Waals surface area contributed by atoms with E-state index in [4.69, 9.17) is 4.42 Å². The van der Waals surface area contributed by atoms with E-state index in [9.17, 15) is 4.79 Å². The Morgan fingerprint density at radius 3 is 2.84 bits per heavy atom. The van der Waals surface area contributed by atoms with Gasteiger partial charge in [0.25, 0.3) is 5.89 Å². The molecule has 2 aliphatic heterocycles. The summed E-state index contributed by atoms with van der Waals surface area (Å²) in [5, 5.41) is 10.5. The van der Waals surface area contributed by atoms with Crippen LogP contribution in [0.3, 0.4) is 0 Å². The van der Waals surface area contributed by atoms with Crippen LogP contribution < -0.4 is 0 Å². The minimum absolute atomic E-state index is 0.0723. The third kappa shape index (κ3) is 3.11. The van der Waals surface area contributed by atoms with Crippen LogP contribution in [0, 0.1) is 0 Å². The summed E-state index contributed by atoms with van der Waals surface area (Å²) in [6, 6.07) is 4.76. The Bertz CT molecular complexity index is 729. The highest BCUT2D eigenvalue weighted by atomic mass is 32.1. The van der Waals surface area contributed by atoms with Gasteiger partial charge in [-0.1, -0.05) is 6.07 Å². The van der Waals surface area contributed by atoms with Crippen LogP contribution in [-0.4, -0.2) is 51.1 Å². The van der Waals surface area contributed by atoms with Gasteiger partial charge in [-0.05, 0) is 50.6 Å². The Kier molecular flexibility index (Phi) is 4.60. The molecule has 1 amide bonds. The Balaban J connectivity index is 1.53. The number of amides is 1. The van der Waals surface area contributed by atoms with E-state index in [1.165, 1.54) is 0 Å². The zero-order valence-corrected chi connectivity index (χ0v) is 15.5. The van der Waals surface area contributed by atoms with Crippen molar-refractivity contribution in [3.05, 3.63) is 23.4 Å². The van der Waals surface area contributed by atoms with Crippen LogP contribution in [0.15, 0.2) is 21.9 Å². The smallest absolute Gasteiger partial charge is 0.257 e. The topological polar surface area (TPSA) is 62.5 Å². The van der Waals surface area contributed by atoms with Crippen molar-refractivity contribution in [1.29, 1.82) is 0 Å². The third-order valence-corrected chi connectivity index (χ3v) is 6.38. The number of carbonyl (C=O) groups excluding carboxylic acids is 1. The van der Waals surface area contributed by atoms with Crippen LogP contribution in [0.2, 0.25) is 0 Å². The molecule has 0 radical (unpaired) electrons. The molecule has 3 atom stereocenters. The first-order valence-corrected chi connectivity index (χ1v) is 9.93. The predicted molar refractivity (Wildman–Crippen MR) is 96.2 cm³/mol. The van der Waals surface area contributed by atoms with E-state index < -0.39 is 0 Å². The van der Waals surface area contributed by atoms with Gasteiger partial charge in [0, 0.05) is 25.6 Å². The van der Waals surface area contributed by atoms with Crippen molar-refractivity contribution in [1.82, 2.24) is 20.0 Å². The first-order valence-electron chi connectivity index (χ1n) is 9.05. The van der Waals surface area contributed by atoms with Gasteiger partial charge in [0.05, 0.1) is 10.9 Å². The number of rotatable bonds is 4. The quantitative estimate of drug-likeness (QED) is 0.837. The average molecular weight is 360 g/mol. The number of nitrogens with zero attached hydrogens (tertiary/aromatic N) is 4. The van der Waals surface area contributed by atoms with Gasteiger partial charge in [-0.2, -0.15) is 0 Å². The van der Waals surface area contributed by atoms with Crippen LogP contribution in [0.4, 0.5) is 0 Å². The van der Waals surface area contributed by atoms with E-state index >= 15 is 0 Å². The predicted octanol–water partition coefficient (Wildman–Crippen LogP) is 3.33. The fraction of sp³-hybridized carbons (Fsp3) is 0.611. The van der Waals surface area contributed by atoms with Crippen molar-refractivity contribution in [2.45, 2.75) is 57.7 Å². The summed E-state index contributed by atoms with van der Waals surface area (Å²) in [7, 11) is 0. The molecular weight excluding hydrogens is 336 g/mol. The summed E-state index contributed by atoms with van der Waals surface area (Å²) in [5.74, 6) is 1.46. The molecule has 0 bridgehead atoms. The standard InChI is InChI=1S/C18H24N4O2S/c1-12(17-19-20-18(24-17)16-8-5-11-25-16)21-9-3-6-14(21)15-7-4-10-22(15)13(2)23/h5,8,11-12,14-15H,3-4,6-7,9-10H2,1-2H3/t12-,14+,15+/m0/s1. The lowest BCUT2D eigenvalue weighted by Gasteiger charge is -2.36. The highest BCUT2D eigenvalue weighted by molar-refractivity contribution is 7.13. The Labute approximate surface area is 151 Å². The van der Waals surface area contributed by atoms with Crippen molar-refractivity contribution in [2.24, 2.45) is 0 Å². The zero-order valence-electron chi connectivity index (χ0n) is 14.7. The summed E-state index contributed by atoms with van der Waals surface area (Å²) in [6.45, 7) is 5.73. The van der Waals surface area contributed by atoms with E-state index in [1.54, 1.807) is 18.3 Å². The fourth-order valence-electron chi connectivity index (χ4n) is 4.34. The van der Waals surface area contributed by atoms with Gasteiger partial charge >= 0.3 is 0 Å².